The fourth-order valence-corrected chi connectivity index (χ4v) is 2.50. The minimum Gasteiger partial charge on any atom is -0.345 e. The van der Waals surface area contributed by atoms with Crippen molar-refractivity contribution in [2.45, 2.75) is 38.8 Å². The number of hydrogen-bond donors (Lipinski definition) is 1. The van der Waals surface area contributed by atoms with Crippen molar-refractivity contribution in [3.05, 3.63) is 5.82 Å². The summed E-state index contributed by atoms with van der Waals surface area (Å²) >= 11 is 0. The van der Waals surface area contributed by atoms with Crippen LogP contribution < -0.4 is 5.32 Å². The highest BCUT2D eigenvalue weighted by molar-refractivity contribution is 5.97. The second-order valence-electron chi connectivity index (χ2n) is 4.60. The molecule has 1 saturated heterocycles. The lowest BCUT2D eigenvalue weighted by molar-refractivity contribution is -0.155. The molecular weight excluding hydrogens is 248 g/mol. The lowest BCUT2D eigenvalue weighted by Crippen LogP contribution is -2.66. The molecule has 104 valence electrons. The van der Waals surface area contributed by atoms with E-state index >= 15 is 0 Å². The Morgan fingerprint density at radius 1 is 1.32 bits per heavy atom. The molecule has 0 atom stereocenters. The minimum absolute atomic E-state index is 0.0286. The van der Waals surface area contributed by atoms with E-state index in [1.54, 1.807) is 11.9 Å². The number of nitrogens with one attached hydrogen (secondary N) is 1. The highest BCUT2D eigenvalue weighted by Crippen LogP contribution is 2.28. The first-order valence-corrected chi connectivity index (χ1v) is 6.35. The van der Waals surface area contributed by atoms with Crippen molar-refractivity contribution in [1.29, 1.82) is 0 Å². The summed E-state index contributed by atoms with van der Waals surface area (Å²) in [4.78, 5) is 27.2. The van der Waals surface area contributed by atoms with Crippen LogP contribution in [0.3, 0.4) is 0 Å². The predicted molar refractivity (Wildman–Crippen MR) is 65.7 cm³/mol. The number of tetrazole rings is 1. The summed E-state index contributed by atoms with van der Waals surface area (Å²) in [5.74, 6) is 0.216. The zero-order valence-electron chi connectivity index (χ0n) is 11.4. The fraction of sp³-hybridized carbons (Fsp3) is 0.727. The van der Waals surface area contributed by atoms with E-state index in [0.29, 0.717) is 18.7 Å². The van der Waals surface area contributed by atoms with E-state index < -0.39 is 5.54 Å². The molecule has 1 aromatic rings. The van der Waals surface area contributed by atoms with Crippen LogP contribution in [-0.2, 0) is 23.2 Å². The highest BCUT2D eigenvalue weighted by Gasteiger charge is 2.47. The van der Waals surface area contributed by atoms with Gasteiger partial charge in [-0.3, -0.25) is 9.59 Å². The molecule has 1 N–H and O–H groups in total. The third kappa shape index (κ3) is 2.18. The second kappa shape index (κ2) is 4.94. The van der Waals surface area contributed by atoms with Crippen molar-refractivity contribution in [2.75, 3.05) is 6.54 Å². The molecule has 8 nitrogen and oxygen atoms in total. The van der Waals surface area contributed by atoms with Crippen LogP contribution in [0.1, 0.15) is 32.5 Å². The summed E-state index contributed by atoms with van der Waals surface area (Å²) in [6.07, 6.45) is 1.11. The van der Waals surface area contributed by atoms with Crippen molar-refractivity contribution in [1.82, 2.24) is 30.4 Å². The van der Waals surface area contributed by atoms with Crippen LogP contribution in [0.2, 0.25) is 0 Å². The molecule has 0 spiro atoms. The first-order valence-electron chi connectivity index (χ1n) is 6.35. The molecule has 2 heterocycles. The number of aryl methyl sites for hydroxylation is 1. The molecule has 0 saturated carbocycles. The van der Waals surface area contributed by atoms with Crippen molar-refractivity contribution in [3.63, 3.8) is 0 Å². The minimum atomic E-state index is -0.811. The normalized spacial score (nSPS) is 18.6. The largest absolute Gasteiger partial charge is 0.345 e. The Labute approximate surface area is 111 Å². The van der Waals surface area contributed by atoms with Gasteiger partial charge in [-0.1, -0.05) is 13.8 Å². The number of piperazine rings is 1. The van der Waals surface area contributed by atoms with Crippen LogP contribution in [0, 0.1) is 0 Å². The molecule has 19 heavy (non-hydrogen) atoms. The maximum absolute atomic E-state index is 12.2. The molecule has 0 unspecified atom stereocenters. The van der Waals surface area contributed by atoms with E-state index in [0.717, 1.165) is 0 Å². The monoisotopic (exact) mass is 266 g/mol. The molecule has 0 aliphatic carbocycles. The first-order chi connectivity index (χ1) is 9.03. The Hall–Kier alpha value is -1.99. The van der Waals surface area contributed by atoms with E-state index in [-0.39, 0.29) is 24.9 Å². The smallest absolute Gasteiger partial charge is 0.246 e. The Balaban J connectivity index is 2.31. The third-order valence-corrected chi connectivity index (χ3v) is 3.66. The maximum Gasteiger partial charge on any atom is 0.246 e. The first kappa shape index (κ1) is 13.4. The molecule has 1 aliphatic heterocycles. The summed E-state index contributed by atoms with van der Waals surface area (Å²) in [6, 6.07) is 0. The quantitative estimate of drug-likeness (QED) is 0.772. The fourth-order valence-electron chi connectivity index (χ4n) is 2.50. The zero-order valence-corrected chi connectivity index (χ0v) is 11.4. The number of carbonyl (C=O) groups excluding carboxylic acids is 2. The summed E-state index contributed by atoms with van der Waals surface area (Å²) in [5, 5.41) is 14.3. The molecule has 0 radical (unpaired) electrons. The van der Waals surface area contributed by atoms with E-state index in [2.05, 4.69) is 20.7 Å². The van der Waals surface area contributed by atoms with E-state index in [1.165, 1.54) is 4.80 Å². The Morgan fingerprint density at radius 2 is 2.00 bits per heavy atom. The number of rotatable bonds is 4. The number of hydrogen-bond acceptors (Lipinski definition) is 5. The predicted octanol–water partition coefficient (Wildman–Crippen LogP) is -0.773. The molecule has 0 bridgehead atoms. The lowest BCUT2D eigenvalue weighted by atomic mass is 9.87. The van der Waals surface area contributed by atoms with Gasteiger partial charge in [0.1, 0.15) is 5.54 Å². The van der Waals surface area contributed by atoms with Crippen LogP contribution in [-0.4, -0.2) is 49.0 Å². The average Bonchev–Trinajstić information content (AvgIpc) is 2.81. The van der Waals surface area contributed by atoms with Gasteiger partial charge in [-0.15, -0.1) is 10.2 Å². The van der Waals surface area contributed by atoms with Gasteiger partial charge in [0.15, 0.2) is 5.82 Å². The van der Waals surface area contributed by atoms with Gasteiger partial charge in [-0.05, 0) is 18.1 Å². The van der Waals surface area contributed by atoms with Crippen LogP contribution in [0.4, 0.5) is 0 Å². The number of amides is 2. The average molecular weight is 266 g/mol. The van der Waals surface area contributed by atoms with E-state index in [1.807, 2.05) is 13.8 Å². The van der Waals surface area contributed by atoms with Gasteiger partial charge in [-0.25, -0.2) is 0 Å². The van der Waals surface area contributed by atoms with E-state index in [4.69, 9.17) is 0 Å². The summed E-state index contributed by atoms with van der Waals surface area (Å²) in [6.45, 7) is 4.04. The second-order valence-corrected chi connectivity index (χ2v) is 4.60. The number of nitrogens with zero attached hydrogens (tertiary/aromatic N) is 5. The van der Waals surface area contributed by atoms with Crippen LogP contribution in [0.25, 0.3) is 0 Å². The molecule has 0 aromatic carbocycles. The molecular formula is C11H18N6O2. The summed E-state index contributed by atoms with van der Waals surface area (Å²) in [5.41, 5.74) is -0.811. The molecule has 8 heteroatoms. The van der Waals surface area contributed by atoms with Crippen LogP contribution in [0.15, 0.2) is 0 Å². The molecule has 1 aromatic heterocycles. The lowest BCUT2D eigenvalue weighted by Gasteiger charge is -2.44. The maximum atomic E-state index is 12.2. The van der Waals surface area contributed by atoms with Crippen molar-refractivity contribution >= 4 is 11.8 Å². The van der Waals surface area contributed by atoms with Crippen LogP contribution in [0.5, 0.6) is 0 Å². The Kier molecular flexibility index (Phi) is 3.50. The van der Waals surface area contributed by atoms with Gasteiger partial charge in [0.05, 0.1) is 20.1 Å². The molecule has 1 aliphatic rings. The van der Waals surface area contributed by atoms with Gasteiger partial charge in [-0.2, -0.15) is 4.80 Å². The molecule has 2 amide bonds. The zero-order chi connectivity index (χ0) is 14.0. The summed E-state index contributed by atoms with van der Waals surface area (Å²) < 4.78 is 0. The standard InChI is InChI=1S/C11H18N6O2/c1-4-11(5-2)10(19)12-6-9(18)17(11)7-8-13-15-16(3)14-8/h4-7H2,1-3H3,(H,12,19). The Bertz CT molecular complexity index is 493. The molecule has 1 fully saturated rings. The van der Waals surface area contributed by atoms with Gasteiger partial charge >= 0.3 is 0 Å². The summed E-state index contributed by atoms with van der Waals surface area (Å²) in [7, 11) is 1.66. The third-order valence-electron chi connectivity index (χ3n) is 3.66. The van der Waals surface area contributed by atoms with Gasteiger partial charge in [0.2, 0.25) is 11.8 Å². The Morgan fingerprint density at radius 3 is 2.53 bits per heavy atom. The SMILES string of the molecule is CCC1(CC)C(=O)NCC(=O)N1Cc1nnn(C)n1. The highest BCUT2D eigenvalue weighted by atomic mass is 16.2. The topological polar surface area (TPSA) is 93.0 Å². The van der Waals surface area contributed by atoms with Gasteiger partial charge < -0.3 is 10.2 Å². The van der Waals surface area contributed by atoms with Gasteiger partial charge in [0.25, 0.3) is 0 Å². The van der Waals surface area contributed by atoms with E-state index in [9.17, 15) is 9.59 Å². The van der Waals surface area contributed by atoms with Gasteiger partial charge in [0, 0.05) is 0 Å². The van der Waals surface area contributed by atoms with Crippen molar-refractivity contribution in [2.24, 2.45) is 7.05 Å². The molecule has 2 rings (SSSR count). The number of carbonyl (C=O) groups is 2. The van der Waals surface area contributed by atoms with Crippen LogP contribution >= 0.6 is 0 Å². The van der Waals surface area contributed by atoms with Crippen molar-refractivity contribution in [3.8, 4) is 0 Å². The number of aromatic nitrogens is 4. The van der Waals surface area contributed by atoms with Crippen molar-refractivity contribution < 1.29 is 9.59 Å².